The smallest absolute Gasteiger partial charge is 0.422 e. The standard InChI is InChI=1S/C19H18F3N3O2S2/c1-11-12(2)29-18-16(11)17(24-10-25-18)28-8-15(26)23-7-13-4-3-5-14(6-13)27-9-19(20,21)22/h3-6,10H,7-9H2,1-2H3,(H,23,26). The highest BCUT2D eigenvalue weighted by molar-refractivity contribution is 8.00. The number of nitrogens with one attached hydrogen (secondary N) is 1. The summed E-state index contributed by atoms with van der Waals surface area (Å²) in [5.41, 5.74) is 1.76. The van der Waals surface area contributed by atoms with E-state index in [2.05, 4.69) is 15.3 Å². The molecule has 0 spiro atoms. The summed E-state index contributed by atoms with van der Waals surface area (Å²) in [6, 6.07) is 6.21. The highest BCUT2D eigenvalue weighted by atomic mass is 32.2. The molecule has 0 saturated carbocycles. The zero-order valence-corrected chi connectivity index (χ0v) is 17.3. The van der Waals surface area contributed by atoms with Crippen LogP contribution in [0.15, 0.2) is 35.6 Å². The summed E-state index contributed by atoms with van der Waals surface area (Å²) in [5.74, 6) is 0.0770. The summed E-state index contributed by atoms with van der Waals surface area (Å²) in [4.78, 5) is 22.8. The lowest BCUT2D eigenvalue weighted by molar-refractivity contribution is -0.153. The van der Waals surface area contributed by atoms with E-state index in [1.807, 2.05) is 13.8 Å². The predicted molar refractivity (Wildman–Crippen MR) is 107 cm³/mol. The number of rotatable bonds is 7. The Morgan fingerprint density at radius 1 is 1.28 bits per heavy atom. The fourth-order valence-electron chi connectivity index (χ4n) is 2.56. The van der Waals surface area contributed by atoms with E-state index in [0.717, 1.165) is 20.8 Å². The molecular formula is C19H18F3N3O2S2. The Balaban J connectivity index is 1.55. The van der Waals surface area contributed by atoms with Gasteiger partial charge in [-0.05, 0) is 37.1 Å². The first kappa shape index (κ1) is 21.4. The number of carbonyl (C=O) groups is 1. The van der Waals surface area contributed by atoms with Gasteiger partial charge in [-0.25, -0.2) is 9.97 Å². The number of benzene rings is 1. The number of amides is 1. The van der Waals surface area contributed by atoms with Gasteiger partial charge in [0.25, 0.3) is 0 Å². The molecule has 3 rings (SSSR count). The topological polar surface area (TPSA) is 64.1 Å². The van der Waals surface area contributed by atoms with Gasteiger partial charge in [0.2, 0.25) is 5.91 Å². The molecule has 2 aromatic heterocycles. The van der Waals surface area contributed by atoms with Gasteiger partial charge in [-0.1, -0.05) is 23.9 Å². The van der Waals surface area contributed by atoms with Crippen LogP contribution in [0.2, 0.25) is 0 Å². The number of thioether (sulfide) groups is 1. The van der Waals surface area contributed by atoms with Gasteiger partial charge in [-0.3, -0.25) is 4.79 Å². The average molecular weight is 442 g/mol. The van der Waals surface area contributed by atoms with E-state index >= 15 is 0 Å². The van der Waals surface area contributed by atoms with Crippen LogP contribution in [0.5, 0.6) is 5.75 Å². The Morgan fingerprint density at radius 2 is 2.07 bits per heavy atom. The number of ether oxygens (including phenoxy) is 1. The molecule has 1 amide bonds. The lowest BCUT2D eigenvalue weighted by Crippen LogP contribution is -2.24. The number of fused-ring (bicyclic) bond motifs is 1. The molecule has 0 aliphatic heterocycles. The van der Waals surface area contributed by atoms with E-state index in [9.17, 15) is 18.0 Å². The minimum absolute atomic E-state index is 0.107. The fraction of sp³-hybridized carbons (Fsp3) is 0.316. The zero-order chi connectivity index (χ0) is 21.0. The van der Waals surface area contributed by atoms with Crippen molar-refractivity contribution in [3.05, 3.63) is 46.6 Å². The highest BCUT2D eigenvalue weighted by Gasteiger charge is 2.28. The first-order valence-electron chi connectivity index (χ1n) is 8.61. The molecule has 0 aliphatic carbocycles. The number of thiophene rings is 1. The first-order valence-corrected chi connectivity index (χ1v) is 10.4. The molecule has 5 nitrogen and oxygen atoms in total. The van der Waals surface area contributed by atoms with Crippen molar-refractivity contribution in [1.82, 2.24) is 15.3 Å². The summed E-state index contributed by atoms with van der Waals surface area (Å²) < 4.78 is 41.5. The number of aromatic nitrogens is 2. The molecule has 0 saturated heterocycles. The van der Waals surface area contributed by atoms with Gasteiger partial charge in [0.15, 0.2) is 6.61 Å². The normalized spacial score (nSPS) is 11.6. The third-order valence-electron chi connectivity index (χ3n) is 4.06. The second-order valence-electron chi connectivity index (χ2n) is 6.26. The fourth-order valence-corrected chi connectivity index (χ4v) is 4.50. The Labute approximate surface area is 173 Å². The van der Waals surface area contributed by atoms with E-state index in [-0.39, 0.29) is 24.0 Å². The monoisotopic (exact) mass is 441 g/mol. The number of alkyl halides is 3. The van der Waals surface area contributed by atoms with Gasteiger partial charge in [0, 0.05) is 16.8 Å². The van der Waals surface area contributed by atoms with Crippen molar-refractivity contribution in [1.29, 1.82) is 0 Å². The van der Waals surface area contributed by atoms with Crippen molar-refractivity contribution in [2.45, 2.75) is 31.6 Å². The van der Waals surface area contributed by atoms with Crippen molar-refractivity contribution in [2.24, 2.45) is 0 Å². The molecule has 29 heavy (non-hydrogen) atoms. The van der Waals surface area contributed by atoms with Crippen molar-refractivity contribution in [2.75, 3.05) is 12.4 Å². The van der Waals surface area contributed by atoms with Gasteiger partial charge in [0.1, 0.15) is 21.9 Å². The largest absolute Gasteiger partial charge is 0.484 e. The van der Waals surface area contributed by atoms with Crippen molar-refractivity contribution >= 4 is 39.2 Å². The van der Waals surface area contributed by atoms with E-state index < -0.39 is 12.8 Å². The van der Waals surface area contributed by atoms with Gasteiger partial charge in [-0.15, -0.1) is 11.3 Å². The van der Waals surface area contributed by atoms with Crippen LogP contribution in [-0.4, -0.2) is 34.4 Å². The van der Waals surface area contributed by atoms with Crippen LogP contribution in [0.1, 0.15) is 16.0 Å². The lowest BCUT2D eigenvalue weighted by atomic mass is 10.2. The summed E-state index contributed by atoms with van der Waals surface area (Å²) in [5, 5.41) is 4.49. The third-order valence-corrected chi connectivity index (χ3v) is 6.17. The summed E-state index contributed by atoms with van der Waals surface area (Å²) >= 11 is 2.92. The van der Waals surface area contributed by atoms with Crippen LogP contribution in [-0.2, 0) is 11.3 Å². The maximum Gasteiger partial charge on any atom is 0.422 e. The quantitative estimate of drug-likeness (QED) is 0.427. The summed E-state index contributed by atoms with van der Waals surface area (Å²) in [6.07, 6.45) is -2.91. The Bertz CT molecular complexity index is 1020. The van der Waals surface area contributed by atoms with Crippen LogP contribution >= 0.6 is 23.1 Å². The van der Waals surface area contributed by atoms with Crippen LogP contribution in [0.4, 0.5) is 13.2 Å². The van der Waals surface area contributed by atoms with E-state index in [1.54, 1.807) is 23.5 Å². The second-order valence-corrected chi connectivity index (χ2v) is 8.43. The summed E-state index contributed by atoms with van der Waals surface area (Å²) in [6.45, 7) is 2.87. The number of hydrogen-bond donors (Lipinski definition) is 1. The first-order chi connectivity index (χ1) is 13.7. The molecule has 0 fully saturated rings. The van der Waals surface area contributed by atoms with Gasteiger partial charge in [-0.2, -0.15) is 13.2 Å². The van der Waals surface area contributed by atoms with E-state index in [0.29, 0.717) is 5.56 Å². The van der Waals surface area contributed by atoms with Crippen LogP contribution in [0, 0.1) is 13.8 Å². The molecule has 10 heteroatoms. The van der Waals surface area contributed by atoms with Gasteiger partial charge < -0.3 is 10.1 Å². The molecule has 0 atom stereocenters. The number of halogens is 3. The SMILES string of the molecule is Cc1sc2ncnc(SCC(=O)NCc3cccc(OCC(F)(F)F)c3)c2c1C. The maximum atomic E-state index is 12.3. The molecule has 0 radical (unpaired) electrons. The second kappa shape index (κ2) is 9.00. The number of nitrogens with zero attached hydrogens (tertiary/aromatic N) is 2. The number of aryl methyl sites for hydroxylation is 2. The maximum absolute atomic E-state index is 12.3. The van der Waals surface area contributed by atoms with Crippen LogP contribution < -0.4 is 10.1 Å². The Hall–Kier alpha value is -2.33. The molecule has 1 N–H and O–H groups in total. The molecular weight excluding hydrogens is 423 g/mol. The lowest BCUT2D eigenvalue weighted by Gasteiger charge is -2.11. The Morgan fingerprint density at radius 3 is 2.83 bits per heavy atom. The number of carbonyl (C=O) groups excluding carboxylic acids is 1. The molecule has 3 aromatic rings. The molecule has 0 bridgehead atoms. The minimum Gasteiger partial charge on any atom is -0.484 e. The van der Waals surface area contributed by atoms with Crippen LogP contribution in [0.25, 0.3) is 10.2 Å². The van der Waals surface area contributed by atoms with Crippen LogP contribution in [0.3, 0.4) is 0 Å². The minimum atomic E-state index is -4.40. The molecule has 0 aliphatic rings. The highest BCUT2D eigenvalue weighted by Crippen LogP contribution is 2.34. The Kier molecular flexibility index (Phi) is 6.63. The molecule has 0 unspecified atom stereocenters. The average Bonchev–Trinajstić information content (AvgIpc) is 2.97. The van der Waals surface area contributed by atoms with Crippen molar-refractivity contribution in [3.63, 3.8) is 0 Å². The van der Waals surface area contributed by atoms with Crippen molar-refractivity contribution < 1.29 is 22.7 Å². The van der Waals surface area contributed by atoms with Gasteiger partial charge >= 0.3 is 6.18 Å². The third kappa shape index (κ3) is 5.83. The zero-order valence-electron chi connectivity index (χ0n) is 15.7. The predicted octanol–water partition coefficient (Wildman–Crippen LogP) is 4.66. The van der Waals surface area contributed by atoms with Crippen molar-refractivity contribution in [3.8, 4) is 5.75 Å². The molecule has 1 aromatic carbocycles. The summed E-state index contributed by atoms with van der Waals surface area (Å²) in [7, 11) is 0. The molecule has 154 valence electrons. The molecule has 2 heterocycles. The van der Waals surface area contributed by atoms with E-state index in [4.69, 9.17) is 4.74 Å². The van der Waals surface area contributed by atoms with Gasteiger partial charge in [0.05, 0.1) is 5.75 Å². The van der Waals surface area contributed by atoms with E-state index in [1.165, 1.54) is 35.1 Å². The number of hydrogen-bond acceptors (Lipinski definition) is 6.